The molecule has 4 rings (SSSR count). The molecular formula is C23H26N4O2. The van der Waals surface area contributed by atoms with Gasteiger partial charge in [-0.15, -0.1) is 0 Å². The number of ether oxygens (including phenoxy) is 1. The predicted octanol–water partition coefficient (Wildman–Crippen LogP) is 3.70. The molecule has 1 amide bonds. The maximum atomic E-state index is 13.1. The van der Waals surface area contributed by atoms with Crippen LogP contribution in [0.1, 0.15) is 18.4 Å². The van der Waals surface area contributed by atoms with Crippen LogP contribution < -0.4 is 10.1 Å². The van der Waals surface area contributed by atoms with Gasteiger partial charge in [-0.3, -0.25) is 14.4 Å². The van der Waals surface area contributed by atoms with Crippen LogP contribution in [0, 0.1) is 0 Å². The molecule has 1 fully saturated rings. The number of carbonyl (C=O) groups excluding carboxylic acids is 1. The molecule has 0 saturated carbocycles. The van der Waals surface area contributed by atoms with E-state index >= 15 is 0 Å². The van der Waals surface area contributed by atoms with Gasteiger partial charge in [0.25, 0.3) is 0 Å². The van der Waals surface area contributed by atoms with Crippen molar-refractivity contribution in [3.05, 3.63) is 66.5 Å². The summed E-state index contributed by atoms with van der Waals surface area (Å²) in [6, 6.07) is 15.7. The van der Waals surface area contributed by atoms with Crippen LogP contribution in [0.4, 0.5) is 5.69 Å². The van der Waals surface area contributed by atoms with Crippen LogP contribution in [0.2, 0.25) is 0 Å². The summed E-state index contributed by atoms with van der Waals surface area (Å²) < 4.78 is 7.05. The van der Waals surface area contributed by atoms with Crippen LogP contribution in [0.15, 0.2) is 60.9 Å². The monoisotopic (exact) mass is 390 g/mol. The second kappa shape index (κ2) is 8.49. The molecule has 1 aromatic heterocycles. The van der Waals surface area contributed by atoms with E-state index in [4.69, 9.17) is 4.74 Å². The Kier molecular flexibility index (Phi) is 5.62. The van der Waals surface area contributed by atoms with E-state index in [1.807, 2.05) is 68.0 Å². The molecule has 1 aliphatic heterocycles. The van der Waals surface area contributed by atoms with Gasteiger partial charge in [0.05, 0.1) is 19.3 Å². The Morgan fingerprint density at radius 2 is 2.00 bits per heavy atom. The number of para-hydroxylation sites is 1. The first-order valence-corrected chi connectivity index (χ1v) is 9.90. The Bertz CT molecular complexity index is 981. The molecule has 3 aromatic rings. The molecule has 29 heavy (non-hydrogen) atoms. The van der Waals surface area contributed by atoms with Crippen LogP contribution in [0.5, 0.6) is 5.75 Å². The minimum absolute atomic E-state index is 0.0485. The minimum Gasteiger partial charge on any atom is -0.497 e. The summed E-state index contributed by atoms with van der Waals surface area (Å²) in [5.74, 6) is 0.861. The highest BCUT2D eigenvalue weighted by molar-refractivity contribution is 5.98. The zero-order chi connectivity index (χ0) is 20.2. The zero-order valence-electron chi connectivity index (χ0n) is 16.8. The number of benzene rings is 2. The summed E-state index contributed by atoms with van der Waals surface area (Å²) in [5, 5.41) is 7.40. The lowest BCUT2D eigenvalue weighted by molar-refractivity contribution is -0.120. The van der Waals surface area contributed by atoms with Crippen molar-refractivity contribution in [1.82, 2.24) is 14.7 Å². The lowest BCUT2D eigenvalue weighted by atomic mass is 10.0. The molecule has 2 aromatic carbocycles. The Labute approximate surface area is 171 Å². The third-order valence-corrected chi connectivity index (χ3v) is 5.40. The summed E-state index contributed by atoms with van der Waals surface area (Å²) >= 11 is 0. The second-order valence-corrected chi connectivity index (χ2v) is 7.41. The van der Waals surface area contributed by atoms with E-state index in [9.17, 15) is 4.79 Å². The molecule has 0 aliphatic carbocycles. The average Bonchev–Trinajstić information content (AvgIpc) is 3.37. The van der Waals surface area contributed by atoms with Crippen molar-refractivity contribution in [2.75, 3.05) is 19.0 Å². The van der Waals surface area contributed by atoms with Gasteiger partial charge < -0.3 is 10.1 Å². The molecule has 0 bridgehead atoms. The van der Waals surface area contributed by atoms with Gasteiger partial charge in [-0.2, -0.15) is 5.10 Å². The van der Waals surface area contributed by atoms with E-state index in [0.29, 0.717) is 0 Å². The molecule has 1 atom stereocenters. The van der Waals surface area contributed by atoms with Gasteiger partial charge >= 0.3 is 0 Å². The number of aryl methyl sites for hydroxylation is 1. The molecule has 1 aliphatic rings. The maximum Gasteiger partial charge on any atom is 0.241 e. The lowest BCUT2D eigenvalue weighted by Gasteiger charge is -2.23. The fourth-order valence-corrected chi connectivity index (χ4v) is 3.93. The fraction of sp³-hybridized carbons (Fsp3) is 0.304. The third kappa shape index (κ3) is 4.32. The van der Waals surface area contributed by atoms with Crippen molar-refractivity contribution >= 4 is 11.6 Å². The highest BCUT2D eigenvalue weighted by atomic mass is 16.5. The molecule has 1 saturated heterocycles. The number of amides is 1. The molecule has 6 nitrogen and oxygen atoms in total. The fourth-order valence-electron chi connectivity index (χ4n) is 3.93. The molecule has 0 spiro atoms. The quantitative estimate of drug-likeness (QED) is 0.697. The SMILES string of the molecule is COc1ccc(-c2ccccc2NC(=O)[C@H]2CCCN2Cc2cnn(C)c2)cc1. The Morgan fingerprint density at radius 3 is 2.72 bits per heavy atom. The van der Waals surface area contributed by atoms with Gasteiger partial charge in [0.1, 0.15) is 5.75 Å². The highest BCUT2D eigenvalue weighted by Crippen LogP contribution is 2.30. The largest absolute Gasteiger partial charge is 0.497 e. The molecule has 150 valence electrons. The summed E-state index contributed by atoms with van der Waals surface area (Å²) in [6.07, 6.45) is 5.77. The maximum absolute atomic E-state index is 13.1. The van der Waals surface area contributed by atoms with E-state index in [0.717, 1.165) is 54.1 Å². The number of aromatic nitrogens is 2. The number of anilines is 1. The molecule has 2 heterocycles. The van der Waals surface area contributed by atoms with E-state index in [1.165, 1.54) is 0 Å². The number of carbonyl (C=O) groups is 1. The standard InChI is InChI=1S/C23H26N4O2/c1-26-15-17(14-24-26)16-27-13-5-8-22(27)23(28)25-21-7-4-3-6-20(21)18-9-11-19(29-2)12-10-18/h3-4,6-7,9-12,14-15,22H,5,8,13,16H2,1-2H3,(H,25,28)/t22-/m1/s1. The molecule has 0 unspecified atom stereocenters. The number of methoxy groups -OCH3 is 1. The topological polar surface area (TPSA) is 59.4 Å². The summed E-state index contributed by atoms with van der Waals surface area (Å²) in [7, 11) is 3.57. The van der Waals surface area contributed by atoms with Gasteiger partial charge in [-0.1, -0.05) is 30.3 Å². The van der Waals surface area contributed by atoms with Crippen LogP contribution in [-0.2, 0) is 18.4 Å². The van der Waals surface area contributed by atoms with Crippen molar-refractivity contribution in [3.8, 4) is 16.9 Å². The Hall–Kier alpha value is -3.12. The first-order valence-electron chi connectivity index (χ1n) is 9.90. The van der Waals surface area contributed by atoms with Gasteiger partial charge in [0.2, 0.25) is 5.91 Å². The number of hydrogen-bond acceptors (Lipinski definition) is 4. The average molecular weight is 390 g/mol. The third-order valence-electron chi connectivity index (χ3n) is 5.40. The Morgan fingerprint density at radius 1 is 1.21 bits per heavy atom. The summed E-state index contributed by atoms with van der Waals surface area (Å²) in [4.78, 5) is 15.3. The number of rotatable bonds is 6. The lowest BCUT2D eigenvalue weighted by Crippen LogP contribution is -2.39. The van der Waals surface area contributed by atoms with Gasteiger partial charge in [-0.05, 0) is 43.1 Å². The van der Waals surface area contributed by atoms with Gasteiger partial charge in [0.15, 0.2) is 0 Å². The number of hydrogen-bond donors (Lipinski definition) is 1. The number of nitrogens with one attached hydrogen (secondary N) is 1. The van der Waals surface area contributed by atoms with E-state index in [2.05, 4.69) is 15.3 Å². The summed E-state index contributed by atoms with van der Waals surface area (Å²) in [5.41, 5.74) is 4.00. The van der Waals surface area contributed by atoms with Gasteiger partial charge in [0, 0.05) is 36.6 Å². The van der Waals surface area contributed by atoms with Gasteiger partial charge in [-0.25, -0.2) is 0 Å². The first-order chi connectivity index (χ1) is 14.1. The normalized spacial score (nSPS) is 16.7. The smallest absolute Gasteiger partial charge is 0.241 e. The van der Waals surface area contributed by atoms with Crippen molar-refractivity contribution < 1.29 is 9.53 Å². The first kappa shape index (κ1) is 19.2. The molecule has 1 N–H and O–H groups in total. The number of nitrogens with zero attached hydrogens (tertiary/aromatic N) is 3. The highest BCUT2D eigenvalue weighted by Gasteiger charge is 2.31. The second-order valence-electron chi connectivity index (χ2n) is 7.41. The summed E-state index contributed by atoms with van der Waals surface area (Å²) in [6.45, 7) is 1.67. The Balaban J connectivity index is 1.50. The molecule has 0 radical (unpaired) electrons. The van der Waals surface area contributed by atoms with Crippen molar-refractivity contribution in [2.45, 2.75) is 25.4 Å². The van der Waals surface area contributed by atoms with Crippen LogP contribution in [-0.4, -0.2) is 40.3 Å². The predicted molar refractivity (Wildman–Crippen MR) is 114 cm³/mol. The van der Waals surface area contributed by atoms with Crippen LogP contribution >= 0.6 is 0 Å². The van der Waals surface area contributed by atoms with E-state index < -0.39 is 0 Å². The minimum atomic E-state index is -0.126. The van der Waals surface area contributed by atoms with Crippen molar-refractivity contribution in [3.63, 3.8) is 0 Å². The zero-order valence-corrected chi connectivity index (χ0v) is 16.8. The molecular weight excluding hydrogens is 364 g/mol. The van der Waals surface area contributed by atoms with Crippen molar-refractivity contribution in [1.29, 1.82) is 0 Å². The van der Waals surface area contributed by atoms with Crippen LogP contribution in [0.3, 0.4) is 0 Å². The van der Waals surface area contributed by atoms with E-state index in [-0.39, 0.29) is 11.9 Å². The van der Waals surface area contributed by atoms with Crippen molar-refractivity contribution in [2.24, 2.45) is 7.05 Å². The molecule has 6 heteroatoms. The van der Waals surface area contributed by atoms with Crippen LogP contribution in [0.25, 0.3) is 11.1 Å². The number of likely N-dealkylation sites (tertiary alicyclic amines) is 1. The van der Waals surface area contributed by atoms with E-state index in [1.54, 1.807) is 11.8 Å².